The second-order valence-corrected chi connectivity index (χ2v) is 1.69. The fourth-order valence-electron chi connectivity index (χ4n) is 0.507. The third kappa shape index (κ3) is 2.61. The summed E-state index contributed by atoms with van der Waals surface area (Å²) in [6, 6.07) is 0. The lowest BCUT2D eigenvalue weighted by atomic mass is 10.2. The molecule has 0 fully saturated rings. The molecule has 0 aromatic carbocycles. The van der Waals surface area contributed by atoms with Crippen LogP contribution in [0.1, 0.15) is 6.92 Å². The first kappa shape index (κ1) is 10.0. The first-order valence-electron chi connectivity index (χ1n) is 2.75. The molecule has 0 radical (unpaired) electrons. The normalized spacial score (nSPS) is 13.0. The van der Waals surface area contributed by atoms with E-state index >= 15 is 0 Å². The molecule has 0 heterocycles. The molecule has 0 atom stereocenters. The summed E-state index contributed by atoms with van der Waals surface area (Å²) in [5, 5.41) is 0. The molecule has 0 saturated heterocycles. The third-order valence-corrected chi connectivity index (χ3v) is 0.999. The highest BCUT2D eigenvalue weighted by molar-refractivity contribution is 5.89. The first-order chi connectivity index (χ1) is 4.93. The van der Waals surface area contributed by atoms with Crippen molar-refractivity contribution in [2.24, 2.45) is 0 Å². The van der Waals surface area contributed by atoms with Crippen LogP contribution in [0.4, 0.5) is 13.2 Å². The van der Waals surface area contributed by atoms with Crippen LogP contribution in [0.3, 0.4) is 0 Å². The predicted molar refractivity (Wildman–Crippen MR) is 31.8 cm³/mol. The minimum atomic E-state index is -4.62. The van der Waals surface area contributed by atoms with Gasteiger partial charge in [-0.1, -0.05) is 6.08 Å². The van der Waals surface area contributed by atoms with Crippen LogP contribution in [0.15, 0.2) is 11.6 Å². The number of ether oxygens (including phenoxy) is 1. The van der Waals surface area contributed by atoms with E-state index in [9.17, 15) is 18.0 Å². The van der Waals surface area contributed by atoms with E-state index < -0.39 is 17.7 Å². The number of alkyl halides is 3. The minimum absolute atomic E-state index is 0.672. The maximum Gasteiger partial charge on any atom is 0.423 e. The Morgan fingerprint density at radius 1 is 1.45 bits per heavy atom. The topological polar surface area (TPSA) is 26.3 Å². The van der Waals surface area contributed by atoms with Crippen molar-refractivity contribution in [3.63, 3.8) is 0 Å². The van der Waals surface area contributed by atoms with Gasteiger partial charge in [0.25, 0.3) is 0 Å². The van der Waals surface area contributed by atoms with Crippen molar-refractivity contribution in [1.29, 1.82) is 0 Å². The van der Waals surface area contributed by atoms with Gasteiger partial charge in [-0.15, -0.1) is 0 Å². The van der Waals surface area contributed by atoms with E-state index in [2.05, 4.69) is 4.74 Å². The van der Waals surface area contributed by atoms with Gasteiger partial charge in [0.15, 0.2) is 0 Å². The maximum atomic E-state index is 11.8. The van der Waals surface area contributed by atoms with Gasteiger partial charge in [-0.2, -0.15) is 13.2 Å². The summed E-state index contributed by atoms with van der Waals surface area (Å²) >= 11 is 0. The number of rotatable bonds is 1. The molecule has 0 amide bonds. The molecule has 0 aliphatic rings. The van der Waals surface area contributed by atoms with Gasteiger partial charge in [0.2, 0.25) is 0 Å². The predicted octanol–water partition coefficient (Wildman–Crippen LogP) is 1.67. The van der Waals surface area contributed by atoms with Crippen LogP contribution in [0.25, 0.3) is 0 Å². The molecule has 0 saturated carbocycles. The Hall–Kier alpha value is -1.00. The molecule has 0 aliphatic carbocycles. The zero-order valence-electron chi connectivity index (χ0n) is 6.03. The number of methoxy groups -OCH3 is 1. The molecule has 0 N–H and O–H groups in total. The monoisotopic (exact) mass is 168 g/mol. The van der Waals surface area contributed by atoms with Gasteiger partial charge in [-0.05, 0) is 6.92 Å². The van der Waals surface area contributed by atoms with Crippen LogP contribution >= 0.6 is 0 Å². The van der Waals surface area contributed by atoms with Crippen LogP contribution in [0.5, 0.6) is 0 Å². The summed E-state index contributed by atoms with van der Waals surface area (Å²) in [7, 11) is 0.900. The second kappa shape index (κ2) is 3.41. The number of allylic oxidation sites excluding steroid dienone is 1. The van der Waals surface area contributed by atoms with Crippen molar-refractivity contribution in [2.75, 3.05) is 7.11 Å². The molecule has 0 unspecified atom stereocenters. The van der Waals surface area contributed by atoms with Gasteiger partial charge >= 0.3 is 12.1 Å². The minimum Gasteiger partial charge on any atom is -0.465 e. The molecule has 5 heteroatoms. The average Bonchev–Trinajstić information content (AvgIpc) is 1.86. The molecule has 0 spiro atoms. The molecule has 64 valence electrons. The summed E-state index contributed by atoms with van der Waals surface area (Å²) in [4.78, 5) is 10.4. The highest BCUT2D eigenvalue weighted by Crippen LogP contribution is 2.25. The number of carbonyl (C=O) groups is 1. The Kier molecular flexibility index (Phi) is 3.10. The van der Waals surface area contributed by atoms with Gasteiger partial charge in [-0.25, -0.2) is 4.79 Å². The molecule has 11 heavy (non-hydrogen) atoms. The molecular formula is C6H7F3O2. The van der Waals surface area contributed by atoms with Crippen molar-refractivity contribution in [2.45, 2.75) is 13.1 Å². The fraction of sp³-hybridized carbons (Fsp3) is 0.500. The molecule has 0 bridgehead atoms. The standard InChI is InChI=1S/C6H7F3O2/c1-3-4(5(10)11-2)6(7,8)9/h3H,1-2H3/b4-3+. The molecule has 0 aromatic heterocycles. The Labute approximate surface area is 61.6 Å². The summed E-state index contributed by atoms with van der Waals surface area (Å²) in [5.74, 6) is -1.36. The van der Waals surface area contributed by atoms with E-state index in [0.717, 1.165) is 14.0 Å². The van der Waals surface area contributed by atoms with E-state index in [4.69, 9.17) is 0 Å². The summed E-state index contributed by atoms with van der Waals surface area (Å²) in [6.07, 6.45) is -3.95. The molecule has 0 aromatic rings. The first-order valence-corrected chi connectivity index (χ1v) is 2.75. The van der Waals surface area contributed by atoms with Crippen LogP contribution in [-0.2, 0) is 9.53 Å². The summed E-state index contributed by atoms with van der Waals surface area (Å²) in [6.45, 7) is 1.12. The number of carbonyl (C=O) groups excluding carboxylic acids is 1. The molecular weight excluding hydrogens is 161 g/mol. The van der Waals surface area contributed by atoms with Gasteiger partial charge in [0, 0.05) is 0 Å². The zero-order valence-corrected chi connectivity index (χ0v) is 6.03. The third-order valence-electron chi connectivity index (χ3n) is 0.999. The highest BCUT2D eigenvalue weighted by Gasteiger charge is 2.38. The van der Waals surface area contributed by atoms with Crippen LogP contribution in [0, 0.1) is 0 Å². The van der Waals surface area contributed by atoms with E-state index in [1.54, 1.807) is 0 Å². The number of hydrogen-bond acceptors (Lipinski definition) is 2. The molecule has 2 nitrogen and oxygen atoms in total. The van der Waals surface area contributed by atoms with E-state index in [0.29, 0.717) is 6.08 Å². The lowest BCUT2D eigenvalue weighted by Crippen LogP contribution is -2.20. The van der Waals surface area contributed by atoms with Gasteiger partial charge in [0.05, 0.1) is 7.11 Å². The van der Waals surface area contributed by atoms with E-state index in [1.807, 2.05) is 0 Å². The van der Waals surface area contributed by atoms with Crippen LogP contribution < -0.4 is 0 Å². The van der Waals surface area contributed by atoms with Crippen LogP contribution in [0.2, 0.25) is 0 Å². The Bertz CT molecular complexity index is 181. The van der Waals surface area contributed by atoms with E-state index in [-0.39, 0.29) is 0 Å². The molecule has 0 rings (SSSR count). The van der Waals surface area contributed by atoms with Gasteiger partial charge < -0.3 is 4.74 Å². The van der Waals surface area contributed by atoms with Gasteiger partial charge in [-0.3, -0.25) is 0 Å². The lowest BCUT2D eigenvalue weighted by Gasteiger charge is -2.07. The summed E-state index contributed by atoms with van der Waals surface area (Å²) < 4.78 is 39.3. The largest absolute Gasteiger partial charge is 0.465 e. The highest BCUT2D eigenvalue weighted by atomic mass is 19.4. The Morgan fingerprint density at radius 3 is 2.00 bits per heavy atom. The maximum absolute atomic E-state index is 11.8. The second-order valence-electron chi connectivity index (χ2n) is 1.69. The van der Waals surface area contributed by atoms with Crippen molar-refractivity contribution >= 4 is 5.97 Å². The fourth-order valence-corrected chi connectivity index (χ4v) is 0.507. The SMILES string of the molecule is C/C=C(\C(=O)OC)C(F)(F)F. The number of hydrogen-bond donors (Lipinski definition) is 0. The van der Waals surface area contributed by atoms with Gasteiger partial charge in [0.1, 0.15) is 5.57 Å². The smallest absolute Gasteiger partial charge is 0.423 e. The van der Waals surface area contributed by atoms with Crippen molar-refractivity contribution in [3.05, 3.63) is 11.6 Å². The Balaban J connectivity index is 4.58. The quantitative estimate of drug-likeness (QED) is 0.439. The van der Waals surface area contributed by atoms with Crippen molar-refractivity contribution < 1.29 is 22.7 Å². The van der Waals surface area contributed by atoms with E-state index in [1.165, 1.54) is 0 Å². The Morgan fingerprint density at radius 2 is 1.91 bits per heavy atom. The van der Waals surface area contributed by atoms with Crippen molar-refractivity contribution in [1.82, 2.24) is 0 Å². The van der Waals surface area contributed by atoms with Crippen molar-refractivity contribution in [3.8, 4) is 0 Å². The lowest BCUT2D eigenvalue weighted by molar-refractivity contribution is -0.148. The number of halogens is 3. The zero-order chi connectivity index (χ0) is 9.07. The molecule has 0 aliphatic heterocycles. The number of esters is 1. The van der Waals surface area contributed by atoms with Crippen LogP contribution in [-0.4, -0.2) is 19.3 Å². The summed E-state index contributed by atoms with van der Waals surface area (Å²) in [5.41, 5.74) is -1.28. The average molecular weight is 168 g/mol.